The second-order valence-electron chi connectivity index (χ2n) is 7.84. The van der Waals surface area contributed by atoms with Crippen LogP contribution in [0.5, 0.6) is 0 Å². The molecule has 0 aromatic heterocycles. The van der Waals surface area contributed by atoms with Crippen molar-refractivity contribution in [2.75, 3.05) is 36.8 Å². The summed E-state index contributed by atoms with van der Waals surface area (Å²) in [5.74, 6) is 0.361. The summed E-state index contributed by atoms with van der Waals surface area (Å²) < 4.78 is 0. The van der Waals surface area contributed by atoms with Crippen molar-refractivity contribution in [3.8, 4) is 0 Å². The lowest BCUT2D eigenvalue weighted by Crippen LogP contribution is -2.56. The monoisotopic (exact) mass is 511 g/mol. The van der Waals surface area contributed by atoms with Crippen LogP contribution in [0.2, 0.25) is 15.1 Å². The molecule has 0 saturated carbocycles. The summed E-state index contributed by atoms with van der Waals surface area (Å²) in [6.07, 6.45) is 0.758. The van der Waals surface area contributed by atoms with Crippen LogP contribution in [0.25, 0.3) is 0 Å². The molecule has 9 heteroatoms. The van der Waals surface area contributed by atoms with Crippen LogP contribution in [0.15, 0.2) is 42.5 Å². The van der Waals surface area contributed by atoms with Crippen LogP contribution < -0.4 is 4.90 Å². The molecule has 0 N–H and O–H groups in total. The molecule has 2 fully saturated rings. The summed E-state index contributed by atoms with van der Waals surface area (Å²) in [5.41, 5.74) is 1.43. The Hall–Kier alpha value is -1.60. The van der Waals surface area contributed by atoms with Crippen LogP contribution >= 0.6 is 46.6 Å². The lowest BCUT2D eigenvalue weighted by molar-refractivity contribution is -0.135. The molecule has 32 heavy (non-hydrogen) atoms. The Morgan fingerprint density at radius 1 is 1.00 bits per heavy atom. The van der Waals surface area contributed by atoms with Crippen molar-refractivity contribution in [2.45, 2.75) is 24.8 Å². The molecule has 2 aromatic rings. The number of halogens is 3. The first-order valence-electron chi connectivity index (χ1n) is 10.6. The topological polar surface area (TPSA) is 43.9 Å². The number of amides is 2. The van der Waals surface area contributed by atoms with E-state index >= 15 is 0 Å². The van der Waals surface area contributed by atoms with E-state index in [-0.39, 0.29) is 17.2 Å². The number of anilines is 1. The van der Waals surface area contributed by atoms with Gasteiger partial charge in [-0.1, -0.05) is 47.8 Å². The molecule has 2 amide bonds. The average molecular weight is 513 g/mol. The number of hydrogen-bond donors (Lipinski definition) is 0. The molecule has 2 aliphatic heterocycles. The first-order valence-corrected chi connectivity index (χ1v) is 12.8. The van der Waals surface area contributed by atoms with Gasteiger partial charge in [-0.05, 0) is 42.8 Å². The van der Waals surface area contributed by atoms with Gasteiger partial charge in [0, 0.05) is 47.7 Å². The van der Waals surface area contributed by atoms with E-state index in [1.54, 1.807) is 34.9 Å². The van der Waals surface area contributed by atoms with E-state index in [2.05, 4.69) is 4.90 Å². The van der Waals surface area contributed by atoms with Gasteiger partial charge in [0.05, 0.1) is 16.0 Å². The number of rotatable bonds is 4. The third-order valence-corrected chi connectivity index (χ3v) is 8.12. The van der Waals surface area contributed by atoms with E-state index in [1.807, 2.05) is 36.1 Å². The zero-order chi connectivity index (χ0) is 22.8. The third-order valence-electron chi connectivity index (χ3n) is 5.89. The Morgan fingerprint density at radius 2 is 1.72 bits per heavy atom. The Kier molecular flexibility index (Phi) is 7.45. The predicted molar refractivity (Wildman–Crippen MR) is 133 cm³/mol. The van der Waals surface area contributed by atoms with Gasteiger partial charge in [-0.3, -0.25) is 9.59 Å². The third kappa shape index (κ3) is 4.84. The van der Waals surface area contributed by atoms with Crippen molar-refractivity contribution in [1.29, 1.82) is 0 Å². The predicted octanol–water partition coefficient (Wildman–Crippen LogP) is 5.29. The minimum atomic E-state index is -0.498. The highest BCUT2D eigenvalue weighted by Gasteiger charge is 2.43. The maximum absolute atomic E-state index is 13.5. The van der Waals surface area contributed by atoms with Gasteiger partial charge in [0.15, 0.2) is 0 Å². The van der Waals surface area contributed by atoms with Crippen molar-refractivity contribution in [3.63, 3.8) is 0 Å². The van der Waals surface area contributed by atoms with Crippen LogP contribution in [0, 0.1) is 0 Å². The number of carbonyl (C=O) groups is 2. The van der Waals surface area contributed by atoms with Crippen molar-refractivity contribution < 1.29 is 9.59 Å². The Bertz CT molecular complexity index is 1010. The van der Waals surface area contributed by atoms with Gasteiger partial charge in [0.1, 0.15) is 6.04 Å². The van der Waals surface area contributed by atoms with Gasteiger partial charge in [0.25, 0.3) is 5.91 Å². The molecular formula is C23H24Cl3N3O2S. The number of piperazine rings is 1. The molecule has 4 rings (SSSR count). The molecule has 170 valence electrons. The molecule has 0 bridgehead atoms. The fourth-order valence-corrected chi connectivity index (χ4v) is 6.23. The summed E-state index contributed by atoms with van der Waals surface area (Å²) in [6.45, 7) is 4.68. The second kappa shape index (κ2) is 10.1. The highest BCUT2D eigenvalue weighted by molar-refractivity contribution is 8.00. The Labute approximate surface area is 207 Å². The molecule has 2 atom stereocenters. The standard InChI is InChI=1S/C23H24Cl3N3O2S/c1-2-21-29(22(30)18-7-6-16(25)13-19(18)26)20(14-32-21)23(31)28-10-8-27(9-11-28)17-5-3-4-15(24)12-17/h3-7,12-13,20-21H,2,8-11,14H2,1H3. The van der Waals surface area contributed by atoms with Crippen molar-refractivity contribution in [2.24, 2.45) is 0 Å². The fraction of sp³-hybridized carbons (Fsp3) is 0.391. The molecule has 2 saturated heterocycles. The molecule has 5 nitrogen and oxygen atoms in total. The van der Waals surface area contributed by atoms with E-state index in [0.717, 1.165) is 25.2 Å². The quantitative estimate of drug-likeness (QED) is 0.558. The molecule has 2 heterocycles. The number of thioether (sulfide) groups is 1. The molecular weight excluding hydrogens is 489 g/mol. The zero-order valence-corrected chi connectivity index (χ0v) is 20.7. The number of hydrogen-bond acceptors (Lipinski definition) is 4. The van der Waals surface area contributed by atoms with Gasteiger partial charge >= 0.3 is 0 Å². The first kappa shape index (κ1) is 23.6. The highest BCUT2D eigenvalue weighted by Crippen LogP contribution is 2.35. The first-order chi connectivity index (χ1) is 15.4. The number of nitrogens with zero attached hydrogens (tertiary/aromatic N) is 3. The van der Waals surface area contributed by atoms with E-state index in [4.69, 9.17) is 34.8 Å². The number of benzene rings is 2. The Balaban J connectivity index is 1.48. The summed E-state index contributed by atoms with van der Waals surface area (Å²) in [6, 6.07) is 12.1. The molecule has 0 aliphatic carbocycles. The molecule has 2 aromatic carbocycles. The van der Waals surface area contributed by atoms with E-state index < -0.39 is 6.04 Å². The van der Waals surface area contributed by atoms with Crippen molar-refractivity contribution in [1.82, 2.24) is 9.80 Å². The Morgan fingerprint density at radius 3 is 2.38 bits per heavy atom. The lowest BCUT2D eigenvalue weighted by atomic mass is 10.1. The zero-order valence-electron chi connectivity index (χ0n) is 17.6. The maximum Gasteiger partial charge on any atom is 0.256 e. The van der Waals surface area contributed by atoms with E-state index in [0.29, 0.717) is 39.5 Å². The minimum Gasteiger partial charge on any atom is -0.368 e. The average Bonchev–Trinajstić information content (AvgIpc) is 3.22. The molecule has 0 spiro atoms. The molecule has 2 unspecified atom stereocenters. The molecule has 0 radical (unpaired) electrons. The van der Waals surface area contributed by atoms with Crippen LogP contribution in [-0.2, 0) is 4.79 Å². The van der Waals surface area contributed by atoms with Gasteiger partial charge in [-0.15, -0.1) is 11.8 Å². The van der Waals surface area contributed by atoms with Crippen LogP contribution in [-0.4, -0.2) is 65.0 Å². The summed E-state index contributed by atoms with van der Waals surface area (Å²) >= 11 is 20.1. The van der Waals surface area contributed by atoms with Crippen LogP contribution in [0.1, 0.15) is 23.7 Å². The van der Waals surface area contributed by atoms with Crippen LogP contribution in [0.3, 0.4) is 0 Å². The van der Waals surface area contributed by atoms with Crippen LogP contribution in [0.4, 0.5) is 5.69 Å². The summed E-state index contributed by atoms with van der Waals surface area (Å²) in [5, 5.41) is 1.41. The lowest BCUT2D eigenvalue weighted by Gasteiger charge is -2.38. The van der Waals surface area contributed by atoms with Gasteiger partial charge in [0.2, 0.25) is 5.91 Å². The smallest absolute Gasteiger partial charge is 0.256 e. The summed E-state index contributed by atoms with van der Waals surface area (Å²) in [4.78, 5) is 32.7. The normalized spacial score (nSPS) is 21.2. The maximum atomic E-state index is 13.5. The molecule has 2 aliphatic rings. The fourth-order valence-electron chi connectivity index (χ4n) is 4.21. The SMILES string of the molecule is CCC1SCC(C(=O)N2CCN(c3cccc(Cl)c3)CC2)N1C(=O)c1ccc(Cl)cc1Cl. The van der Waals surface area contributed by atoms with Gasteiger partial charge in [-0.2, -0.15) is 0 Å². The number of carbonyl (C=O) groups excluding carboxylic acids is 2. The minimum absolute atomic E-state index is 0.00219. The second-order valence-corrected chi connectivity index (χ2v) is 10.3. The summed E-state index contributed by atoms with van der Waals surface area (Å²) in [7, 11) is 0. The van der Waals surface area contributed by atoms with Crippen molar-refractivity contribution >= 4 is 64.1 Å². The highest BCUT2D eigenvalue weighted by atomic mass is 35.5. The van der Waals surface area contributed by atoms with Crippen molar-refractivity contribution in [3.05, 3.63) is 63.1 Å². The largest absolute Gasteiger partial charge is 0.368 e. The van der Waals surface area contributed by atoms with E-state index in [9.17, 15) is 9.59 Å². The van der Waals surface area contributed by atoms with Gasteiger partial charge < -0.3 is 14.7 Å². The van der Waals surface area contributed by atoms with Gasteiger partial charge in [-0.25, -0.2) is 0 Å². The van der Waals surface area contributed by atoms with E-state index in [1.165, 1.54) is 0 Å².